The molecule has 0 bridgehead atoms. The standard InChI is InChI=1S/C14H10ClN3O4/c15-7-2-1-3-8-10(7)13(19)17-5-4-9(17)11-12(22-14(20)21)16-6-18(8)11/h1-3,6,9H,4-5H2,(H,20,21)/t9-/m0/s1. The van der Waals surface area contributed by atoms with Crippen molar-refractivity contribution < 1.29 is 19.4 Å². The van der Waals surface area contributed by atoms with E-state index in [0.717, 1.165) is 6.42 Å². The van der Waals surface area contributed by atoms with Crippen molar-refractivity contribution in [3.05, 3.63) is 40.8 Å². The molecule has 1 atom stereocenters. The lowest BCUT2D eigenvalue weighted by atomic mass is 9.99. The van der Waals surface area contributed by atoms with Crippen molar-refractivity contribution in [1.29, 1.82) is 0 Å². The Morgan fingerprint density at radius 1 is 1.45 bits per heavy atom. The van der Waals surface area contributed by atoms with E-state index in [2.05, 4.69) is 4.98 Å². The number of hydrogen-bond donors (Lipinski definition) is 1. The van der Waals surface area contributed by atoms with Gasteiger partial charge in [-0.25, -0.2) is 9.78 Å². The number of imidazole rings is 1. The van der Waals surface area contributed by atoms with Gasteiger partial charge in [-0.1, -0.05) is 17.7 Å². The van der Waals surface area contributed by atoms with Crippen LogP contribution < -0.4 is 4.74 Å². The van der Waals surface area contributed by atoms with Gasteiger partial charge in [0.2, 0.25) is 5.88 Å². The molecule has 1 fully saturated rings. The van der Waals surface area contributed by atoms with Crippen LogP contribution in [0.15, 0.2) is 24.5 Å². The van der Waals surface area contributed by atoms with Crippen LogP contribution in [0.2, 0.25) is 5.02 Å². The number of carboxylic acid groups (broad SMARTS) is 1. The summed E-state index contributed by atoms with van der Waals surface area (Å²) in [5.74, 6) is -0.162. The number of rotatable bonds is 1. The molecule has 22 heavy (non-hydrogen) atoms. The van der Waals surface area contributed by atoms with Crippen molar-refractivity contribution in [1.82, 2.24) is 14.5 Å². The molecule has 1 amide bonds. The van der Waals surface area contributed by atoms with Crippen LogP contribution in [0, 0.1) is 0 Å². The first-order valence-electron chi connectivity index (χ1n) is 6.66. The van der Waals surface area contributed by atoms with Crippen molar-refractivity contribution in [2.45, 2.75) is 12.5 Å². The zero-order valence-electron chi connectivity index (χ0n) is 11.2. The van der Waals surface area contributed by atoms with Gasteiger partial charge in [-0.3, -0.25) is 9.36 Å². The van der Waals surface area contributed by atoms with Crippen LogP contribution >= 0.6 is 11.6 Å². The molecule has 3 heterocycles. The Kier molecular flexibility index (Phi) is 2.67. The van der Waals surface area contributed by atoms with E-state index in [-0.39, 0.29) is 17.8 Å². The first kappa shape index (κ1) is 13.1. The number of amides is 1. The summed E-state index contributed by atoms with van der Waals surface area (Å²) < 4.78 is 6.44. The number of ether oxygens (including phenoxy) is 1. The van der Waals surface area contributed by atoms with E-state index in [1.165, 1.54) is 6.33 Å². The number of carbonyl (C=O) groups excluding carboxylic acids is 1. The minimum Gasteiger partial charge on any atom is -0.449 e. The molecular weight excluding hydrogens is 310 g/mol. The van der Waals surface area contributed by atoms with Crippen LogP contribution in [-0.4, -0.2) is 38.2 Å². The van der Waals surface area contributed by atoms with E-state index in [1.54, 1.807) is 27.7 Å². The lowest BCUT2D eigenvalue weighted by Gasteiger charge is -2.39. The van der Waals surface area contributed by atoms with Crippen LogP contribution in [0.1, 0.15) is 28.5 Å². The summed E-state index contributed by atoms with van der Waals surface area (Å²) in [4.78, 5) is 29.2. The Balaban J connectivity index is 1.98. The van der Waals surface area contributed by atoms with Gasteiger partial charge in [0.05, 0.1) is 22.3 Å². The van der Waals surface area contributed by atoms with E-state index >= 15 is 0 Å². The van der Waals surface area contributed by atoms with Crippen molar-refractivity contribution in [2.24, 2.45) is 0 Å². The fraction of sp³-hybridized carbons (Fsp3) is 0.214. The van der Waals surface area contributed by atoms with Crippen LogP contribution in [-0.2, 0) is 0 Å². The second-order valence-corrected chi connectivity index (χ2v) is 5.52. The molecule has 1 N–H and O–H groups in total. The minimum atomic E-state index is -1.44. The summed E-state index contributed by atoms with van der Waals surface area (Å²) in [6, 6.07) is 4.89. The second kappa shape index (κ2) is 4.48. The number of benzene rings is 1. The molecule has 0 aliphatic carbocycles. The highest BCUT2D eigenvalue weighted by atomic mass is 35.5. The van der Waals surface area contributed by atoms with Crippen LogP contribution in [0.25, 0.3) is 5.69 Å². The fourth-order valence-electron chi connectivity index (χ4n) is 2.98. The maximum absolute atomic E-state index is 12.7. The topological polar surface area (TPSA) is 84.7 Å². The summed E-state index contributed by atoms with van der Waals surface area (Å²) in [5, 5.41) is 9.20. The van der Waals surface area contributed by atoms with Gasteiger partial charge in [-0.05, 0) is 18.6 Å². The molecule has 1 aromatic heterocycles. The van der Waals surface area contributed by atoms with Crippen molar-refractivity contribution >= 4 is 23.7 Å². The minimum absolute atomic E-state index is 0.00262. The summed E-state index contributed by atoms with van der Waals surface area (Å²) >= 11 is 6.20. The van der Waals surface area contributed by atoms with Crippen LogP contribution in [0.5, 0.6) is 5.88 Å². The summed E-state index contributed by atoms with van der Waals surface area (Å²) in [7, 11) is 0. The molecule has 2 aliphatic rings. The zero-order valence-corrected chi connectivity index (χ0v) is 11.9. The van der Waals surface area contributed by atoms with Crippen LogP contribution in [0.3, 0.4) is 0 Å². The fourth-order valence-corrected chi connectivity index (χ4v) is 3.23. The zero-order chi connectivity index (χ0) is 15.4. The number of fused-ring (bicyclic) bond motifs is 5. The molecule has 1 saturated heterocycles. The smallest absolute Gasteiger partial charge is 0.449 e. The van der Waals surface area contributed by atoms with E-state index < -0.39 is 6.16 Å². The third-order valence-electron chi connectivity index (χ3n) is 4.01. The van der Waals surface area contributed by atoms with E-state index in [9.17, 15) is 9.59 Å². The average Bonchev–Trinajstić information content (AvgIpc) is 2.76. The Hall–Kier alpha value is -2.54. The highest BCUT2D eigenvalue weighted by Gasteiger charge is 2.43. The highest BCUT2D eigenvalue weighted by molar-refractivity contribution is 6.34. The van der Waals surface area contributed by atoms with Crippen molar-refractivity contribution in [3.8, 4) is 11.6 Å². The molecule has 1 aromatic carbocycles. The van der Waals surface area contributed by atoms with Gasteiger partial charge < -0.3 is 14.7 Å². The molecule has 0 saturated carbocycles. The summed E-state index contributed by atoms with van der Waals surface area (Å²) in [5.41, 5.74) is 1.53. The molecule has 4 rings (SSSR count). The number of halogens is 1. The van der Waals surface area contributed by atoms with Gasteiger partial charge in [0, 0.05) is 6.54 Å². The monoisotopic (exact) mass is 319 g/mol. The molecular formula is C14H10ClN3O4. The van der Waals surface area contributed by atoms with Crippen molar-refractivity contribution in [2.75, 3.05) is 6.54 Å². The molecule has 7 nitrogen and oxygen atoms in total. The third kappa shape index (κ3) is 1.66. The Bertz CT molecular complexity index is 816. The summed E-state index contributed by atoms with van der Waals surface area (Å²) in [6.07, 6.45) is 0.742. The predicted octanol–water partition coefficient (Wildman–Crippen LogP) is 2.48. The maximum atomic E-state index is 12.7. The Morgan fingerprint density at radius 3 is 2.95 bits per heavy atom. The van der Waals surface area contributed by atoms with E-state index in [4.69, 9.17) is 21.4 Å². The molecule has 2 aliphatic heterocycles. The first-order valence-corrected chi connectivity index (χ1v) is 7.03. The highest BCUT2D eigenvalue weighted by Crippen LogP contribution is 2.44. The largest absolute Gasteiger partial charge is 0.512 e. The van der Waals surface area contributed by atoms with Crippen molar-refractivity contribution in [3.63, 3.8) is 0 Å². The van der Waals surface area contributed by atoms with Gasteiger partial charge in [0.25, 0.3) is 5.91 Å². The van der Waals surface area contributed by atoms with Gasteiger partial charge >= 0.3 is 6.16 Å². The number of hydrogen-bond acceptors (Lipinski definition) is 4. The molecule has 0 unspecified atom stereocenters. The molecule has 0 spiro atoms. The molecule has 2 aromatic rings. The first-order chi connectivity index (χ1) is 10.6. The number of carbonyl (C=O) groups is 2. The maximum Gasteiger partial charge on any atom is 0.512 e. The SMILES string of the molecule is O=C(O)Oc1ncn2c1[C@@H]1CCN1C(=O)c1c(Cl)cccc1-2. The average molecular weight is 320 g/mol. The van der Waals surface area contributed by atoms with Gasteiger partial charge in [-0.2, -0.15) is 0 Å². The quantitative estimate of drug-likeness (QED) is 0.816. The normalized spacial score (nSPS) is 18.7. The molecule has 0 radical (unpaired) electrons. The number of aromatic nitrogens is 2. The van der Waals surface area contributed by atoms with E-state index in [1.807, 2.05) is 0 Å². The van der Waals surface area contributed by atoms with Gasteiger partial charge in [-0.15, -0.1) is 0 Å². The molecule has 112 valence electrons. The second-order valence-electron chi connectivity index (χ2n) is 5.11. The molecule has 8 heteroatoms. The Morgan fingerprint density at radius 2 is 2.27 bits per heavy atom. The lowest BCUT2D eigenvalue weighted by molar-refractivity contribution is 0.0454. The summed E-state index contributed by atoms with van der Waals surface area (Å²) in [6.45, 7) is 0.589. The third-order valence-corrected chi connectivity index (χ3v) is 4.33. The Labute approximate surface area is 129 Å². The van der Waals surface area contributed by atoms with Crippen LogP contribution in [0.4, 0.5) is 4.79 Å². The predicted molar refractivity (Wildman–Crippen MR) is 75.6 cm³/mol. The van der Waals surface area contributed by atoms with Gasteiger partial charge in [0.15, 0.2) is 0 Å². The van der Waals surface area contributed by atoms with Gasteiger partial charge in [0.1, 0.15) is 12.0 Å². The van der Waals surface area contributed by atoms with E-state index in [0.29, 0.717) is 28.5 Å². The number of nitrogens with zero attached hydrogens (tertiary/aromatic N) is 3. The lowest BCUT2D eigenvalue weighted by Crippen LogP contribution is -2.44.